The first-order valence-corrected chi connectivity index (χ1v) is 34.1. The van der Waals surface area contributed by atoms with Gasteiger partial charge in [-0.15, -0.1) is 0 Å². The fourth-order valence-electron chi connectivity index (χ4n) is 15.4. The monoisotopic (exact) mass is 1240 g/mol. The second-order valence-electron chi connectivity index (χ2n) is 34.2. The van der Waals surface area contributed by atoms with Crippen molar-refractivity contribution < 1.29 is 11.6 Å². The van der Waals surface area contributed by atoms with Crippen LogP contribution in [-0.4, -0.2) is 16.2 Å². The van der Waals surface area contributed by atoms with Crippen LogP contribution in [-0.2, 0) is 44.3 Å². The minimum Gasteiger partial charge on any atom is -0.457 e. The maximum Gasteiger partial charge on any atom is 0.137 e. The van der Waals surface area contributed by atoms with Crippen molar-refractivity contribution in [1.29, 1.82) is 0 Å². The zero-order chi connectivity index (χ0) is 70.8. The van der Waals surface area contributed by atoms with E-state index in [1.54, 1.807) is 6.07 Å². The number of rotatable bonds is 9. The van der Waals surface area contributed by atoms with Crippen LogP contribution in [0.3, 0.4) is 0 Å². The van der Waals surface area contributed by atoms with Gasteiger partial charge in [-0.05, 0) is 210 Å². The third-order valence-electron chi connectivity index (χ3n) is 21.0. The van der Waals surface area contributed by atoms with Crippen molar-refractivity contribution in [1.82, 2.24) is 9.55 Å². The fraction of sp³-hybridized carbons (Fsp3) is 0.398. The van der Waals surface area contributed by atoms with E-state index in [9.17, 15) is 2.74 Å². The number of benzene rings is 8. The van der Waals surface area contributed by atoms with Crippen molar-refractivity contribution in [3.8, 4) is 50.7 Å². The Labute approximate surface area is 564 Å². The van der Waals surface area contributed by atoms with E-state index >= 15 is 0 Å². The Hall–Kier alpha value is -7.89. The van der Waals surface area contributed by atoms with Crippen LogP contribution >= 0.6 is 0 Å². The molecule has 0 spiro atoms. The lowest BCUT2D eigenvalue weighted by Gasteiger charge is -2.49. The lowest BCUT2D eigenvalue weighted by atomic mass is 9.55. The first-order chi connectivity index (χ1) is 45.5. The average molecular weight is 1240 g/mol. The van der Waals surface area contributed by atoms with Crippen LogP contribution in [0.1, 0.15) is 221 Å². The molecule has 3 heterocycles. The molecular formula is C88H102N4O. The first-order valence-electron chi connectivity index (χ1n) is 36.6. The van der Waals surface area contributed by atoms with E-state index < -0.39 is 18.6 Å². The minimum atomic E-state index is -2.44. The van der Waals surface area contributed by atoms with E-state index in [1.807, 2.05) is 74.0 Å². The van der Waals surface area contributed by atoms with Gasteiger partial charge in [-0.3, -0.25) is 4.57 Å². The number of pyridine rings is 1. The molecule has 480 valence electrons. The van der Waals surface area contributed by atoms with Crippen molar-refractivity contribution in [2.24, 2.45) is 5.41 Å². The van der Waals surface area contributed by atoms with E-state index in [-0.39, 0.29) is 43.5 Å². The molecule has 8 aromatic carbocycles. The second-order valence-corrected chi connectivity index (χ2v) is 34.2. The predicted molar refractivity (Wildman–Crippen MR) is 398 cm³/mol. The molecule has 0 amide bonds. The Morgan fingerprint density at radius 1 is 0.495 bits per heavy atom. The highest BCUT2D eigenvalue weighted by molar-refractivity contribution is 6.11. The van der Waals surface area contributed by atoms with Crippen LogP contribution in [0.4, 0.5) is 22.7 Å². The van der Waals surface area contributed by atoms with E-state index in [0.29, 0.717) is 46.0 Å². The summed E-state index contributed by atoms with van der Waals surface area (Å²) in [5.74, 6) is 1.68. The number of aromatic nitrogens is 2. The number of anilines is 4. The van der Waals surface area contributed by atoms with Crippen LogP contribution < -0.4 is 14.5 Å². The van der Waals surface area contributed by atoms with Gasteiger partial charge in [0.05, 0.1) is 28.1 Å². The van der Waals surface area contributed by atoms with Gasteiger partial charge in [0.25, 0.3) is 0 Å². The highest BCUT2D eigenvalue weighted by Crippen LogP contribution is 2.59. The SMILES string of the molecule is [2H]C([2H])([2H])c1cccc2c1c1ccc(Oc3cccc(N4CN(c5c(-c6ccccc6)cc(C(C)(C)C)cc5-c5cc(C(C)(C)C)cc(C(C)(C)C)c5)c5ccccc54)c3)cc1n2-c1cc(C([2H])([2H])C(C)(C)C)c(-c2c3c(cc4c2C(C)(C)CCC4(C)C)C(C)(C)CCC3(C)C)cn1. The summed E-state index contributed by atoms with van der Waals surface area (Å²) >= 11 is 0. The third kappa shape index (κ3) is 11.5. The topological polar surface area (TPSA) is 33.5 Å². The van der Waals surface area contributed by atoms with Gasteiger partial charge in [-0.1, -0.05) is 223 Å². The molecule has 13 rings (SSSR count). The van der Waals surface area contributed by atoms with Gasteiger partial charge in [-0.25, -0.2) is 4.98 Å². The number of hydrogen-bond donors (Lipinski definition) is 0. The molecule has 1 aliphatic heterocycles. The summed E-state index contributed by atoms with van der Waals surface area (Å²) in [5.41, 5.74) is 20.5. The van der Waals surface area contributed by atoms with E-state index in [4.69, 9.17) is 13.8 Å². The number of hydrogen-bond acceptors (Lipinski definition) is 4. The first kappa shape index (κ1) is 57.7. The molecule has 0 fully saturated rings. The molecule has 2 aromatic heterocycles. The molecule has 5 nitrogen and oxygen atoms in total. The van der Waals surface area contributed by atoms with E-state index in [2.05, 4.69) is 237 Å². The zero-order valence-electron chi connectivity index (χ0n) is 64.3. The van der Waals surface area contributed by atoms with Gasteiger partial charge in [0, 0.05) is 58.3 Å². The van der Waals surface area contributed by atoms with Crippen molar-refractivity contribution in [3.05, 3.63) is 214 Å². The highest BCUT2D eigenvalue weighted by Gasteiger charge is 2.47. The lowest BCUT2D eigenvalue weighted by Crippen LogP contribution is -2.40. The summed E-state index contributed by atoms with van der Waals surface area (Å²) in [7, 11) is 0. The Morgan fingerprint density at radius 3 is 1.63 bits per heavy atom. The van der Waals surface area contributed by atoms with Crippen molar-refractivity contribution in [2.75, 3.05) is 16.5 Å². The van der Waals surface area contributed by atoms with Crippen LogP contribution in [0.2, 0.25) is 0 Å². The minimum absolute atomic E-state index is 0.0929. The molecular weight excluding hydrogens is 1130 g/mol. The van der Waals surface area contributed by atoms with E-state index in [0.717, 1.165) is 70.5 Å². The third-order valence-corrected chi connectivity index (χ3v) is 21.0. The lowest BCUT2D eigenvalue weighted by molar-refractivity contribution is 0.314. The zero-order valence-corrected chi connectivity index (χ0v) is 59.3. The van der Waals surface area contributed by atoms with Crippen molar-refractivity contribution >= 4 is 44.6 Å². The smallest absolute Gasteiger partial charge is 0.137 e. The summed E-state index contributed by atoms with van der Waals surface area (Å²) in [6.45, 7) is 44.0. The van der Waals surface area contributed by atoms with Gasteiger partial charge >= 0.3 is 0 Å². The number of nitrogens with zero attached hydrogens (tertiary/aromatic N) is 4. The van der Waals surface area contributed by atoms with Gasteiger partial charge in [-0.2, -0.15) is 0 Å². The van der Waals surface area contributed by atoms with Crippen molar-refractivity contribution in [3.63, 3.8) is 0 Å². The summed E-state index contributed by atoms with van der Waals surface area (Å²) < 4.78 is 56.8. The van der Waals surface area contributed by atoms with E-state index in [1.165, 1.54) is 55.6 Å². The molecule has 93 heavy (non-hydrogen) atoms. The van der Waals surface area contributed by atoms with Gasteiger partial charge in [0.1, 0.15) is 24.0 Å². The molecule has 0 atom stereocenters. The molecule has 0 radical (unpaired) electrons. The molecule has 3 aliphatic rings. The largest absolute Gasteiger partial charge is 0.457 e. The molecule has 0 bridgehead atoms. The van der Waals surface area contributed by atoms with Crippen LogP contribution in [0, 0.1) is 12.3 Å². The van der Waals surface area contributed by atoms with Gasteiger partial charge < -0.3 is 14.5 Å². The Bertz CT molecular complexity index is 4730. The highest BCUT2D eigenvalue weighted by atomic mass is 16.5. The summed E-state index contributed by atoms with van der Waals surface area (Å²) in [6, 6.07) is 56.0. The molecule has 0 N–H and O–H groups in total. The van der Waals surface area contributed by atoms with Gasteiger partial charge in [0.15, 0.2) is 0 Å². The Morgan fingerprint density at radius 2 is 1.04 bits per heavy atom. The molecule has 10 aromatic rings. The van der Waals surface area contributed by atoms with Crippen molar-refractivity contribution in [2.45, 2.75) is 215 Å². The predicted octanol–water partition coefficient (Wildman–Crippen LogP) is 24.7. The number of para-hydroxylation sites is 2. The standard InChI is InChI=1S/C88H102N4O/c1-55-29-27-36-73-76(55)65-38-37-64(50-74(65)92(73)75-45-58(52-81(2,3)4)68(53-89-75)77-78-69(85(14,15)39-41-87(78,18)19)51-70-79(77)88(20,21)42-40-86(70,16)17)93-63-33-28-32-62(49-63)90-54-91(72-35-26-25-34-71(72)90)80-66(56-30-23-22-24-31-56)47-61(84(11,12)13)48-67(80)57-43-59(82(5,6)7)46-60(44-57)83(8,9)10/h22-38,43-51,53H,39-42,52,54H2,1-21H3/i1D3,52D2. The fourth-order valence-corrected chi connectivity index (χ4v) is 15.4. The van der Waals surface area contributed by atoms with Crippen LogP contribution in [0.15, 0.2) is 164 Å². The maximum atomic E-state index is 10.4. The summed E-state index contributed by atoms with van der Waals surface area (Å²) in [5, 5.41) is 1.33. The maximum absolute atomic E-state index is 10.4. The summed E-state index contributed by atoms with van der Waals surface area (Å²) in [4.78, 5) is 10.4. The molecule has 0 saturated heterocycles. The normalized spacial score (nSPS) is 17.9. The van der Waals surface area contributed by atoms with Gasteiger partial charge in [0.2, 0.25) is 0 Å². The average Bonchev–Trinajstić information content (AvgIpc) is 0.736. The van der Waals surface area contributed by atoms with Crippen LogP contribution in [0.25, 0.3) is 61.0 Å². The Balaban J connectivity index is 0.967. The molecule has 0 unspecified atom stereocenters. The number of ether oxygens (including phenoxy) is 1. The second kappa shape index (κ2) is 22.1. The van der Waals surface area contributed by atoms with Crippen LogP contribution in [0.5, 0.6) is 11.5 Å². The Kier molecular flexibility index (Phi) is 13.7. The number of aryl methyl sites for hydroxylation is 1. The number of fused-ring (bicyclic) bond motifs is 6. The summed E-state index contributed by atoms with van der Waals surface area (Å²) in [6.07, 6.45) is 4.19. The molecule has 0 saturated carbocycles. The molecule has 5 heteroatoms. The quantitative estimate of drug-likeness (QED) is 0.144. The molecule has 2 aliphatic carbocycles.